The lowest BCUT2D eigenvalue weighted by Crippen LogP contribution is -2.31. The summed E-state index contributed by atoms with van der Waals surface area (Å²) in [5.41, 5.74) is 0.766. The number of halogens is 1. The molecule has 0 spiro atoms. The van der Waals surface area contributed by atoms with Crippen LogP contribution in [0.3, 0.4) is 0 Å². The molecule has 106 valence electrons. The van der Waals surface area contributed by atoms with Crippen molar-refractivity contribution in [3.8, 4) is 0 Å². The fourth-order valence-electron chi connectivity index (χ4n) is 2.04. The van der Waals surface area contributed by atoms with E-state index in [1.54, 1.807) is 23.5 Å². The molecule has 1 unspecified atom stereocenters. The van der Waals surface area contributed by atoms with Gasteiger partial charge in [0.25, 0.3) is 5.69 Å². The van der Waals surface area contributed by atoms with Gasteiger partial charge in [-0.3, -0.25) is 10.1 Å². The number of hydrogen-bond donors (Lipinski definition) is 0. The van der Waals surface area contributed by atoms with E-state index in [0.29, 0.717) is 10.2 Å². The summed E-state index contributed by atoms with van der Waals surface area (Å²) in [5.74, 6) is 0. The zero-order valence-electron chi connectivity index (χ0n) is 11.2. The van der Waals surface area contributed by atoms with Crippen LogP contribution >= 0.6 is 27.3 Å². The van der Waals surface area contributed by atoms with E-state index in [1.165, 1.54) is 4.88 Å². The van der Waals surface area contributed by atoms with Crippen molar-refractivity contribution in [1.82, 2.24) is 0 Å². The first-order valence-electron chi connectivity index (χ1n) is 6.18. The number of nitro benzene ring substituents is 1. The summed E-state index contributed by atoms with van der Waals surface area (Å²) in [6.07, 6.45) is 0.876. The lowest BCUT2D eigenvalue weighted by Gasteiger charge is -2.26. The summed E-state index contributed by atoms with van der Waals surface area (Å²) < 4.78 is 0.715. The Labute approximate surface area is 130 Å². The Bertz CT molecular complexity index is 601. The van der Waals surface area contributed by atoms with Crippen molar-refractivity contribution in [2.45, 2.75) is 19.4 Å². The van der Waals surface area contributed by atoms with Crippen LogP contribution < -0.4 is 4.90 Å². The molecule has 1 heterocycles. The second kappa shape index (κ2) is 6.37. The number of hydrogen-bond acceptors (Lipinski definition) is 4. The van der Waals surface area contributed by atoms with Crippen molar-refractivity contribution in [2.75, 3.05) is 11.9 Å². The second-order valence-corrected chi connectivity index (χ2v) is 6.58. The smallest absolute Gasteiger partial charge is 0.293 e. The van der Waals surface area contributed by atoms with Crippen LogP contribution in [0.2, 0.25) is 0 Å². The average molecular weight is 355 g/mol. The molecular formula is C14H15BrN2O2S. The summed E-state index contributed by atoms with van der Waals surface area (Å²) in [4.78, 5) is 14.1. The van der Waals surface area contributed by atoms with E-state index in [0.717, 1.165) is 6.42 Å². The third kappa shape index (κ3) is 3.37. The molecule has 0 aliphatic heterocycles. The lowest BCUT2D eigenvalue weighted by atomic mass is 10.1. The van der Waals surface area contributed by atoms with Crippen LogP contribution in [-0.2, 0) is 6.42 Å². The van der Waals surface area contributed by atoms with Crippen molar-refractivity contribution >= 4 is 38.6 Å². The van der Waals surface area contributed by atoms with Crippen molar-refractivity contribution in [2.24, 2.45) is 0 Å². The molecule has 1 atom stereocenters. The average Bonchev–Trinajstić information content (AvgIpc) is 2.90. The molecule has 6 heteroatoms. The van der Waals surface area contributed by atoms with E-state index >= 15 is 0 Å². The van der Waals surface area contributed by atoms with Crippen LogP contribution in [0.5, 0.6) is 0 Å². The van der Waals surface area contributed by atoms with Gasteiger partial charge in [-0.15, -0.1) is 11.3 Å². The quantitative estimate of drug-likeness (QED) is 0.587. The minimum absolute atomic E-state index is 0.125. The van der Waals surface area contributed by atoms with Gasteiger partial charge in [0.15, 0.2) is 0 Å². The third-order valence-electron chi connectivity index (χ3n) is 3.25. The minimum atomic E-state index is -0.339. The maximum atomic E-state index is 11.2. The highest BCUT2D eigenvalue weighted by Gasteiger charge is 2.21. The zero-order chi connectivity index (χ0) is 14.7. The molecule has 0 N–H and O–H groups in total. The monoisotopic (exact) mass is 354 g/mol. The first-order valence-corrected chi connectivity index (χ1v) is 7.85. The summed E-state index contributed by atoms with van der Waals surface area (Å²) in [5, 5.41) is 13.2. The van der Waals surface area contributed by atoms with E-state index in [4.69, 9.17) is 0 Å². The number of benzene rings is 1. The van der Waals surface area contributed by atoms with Crippen LogP contribution in [0.25, 0.3) is 0 Å². The topological polar surface area (TPSA) is 46.4 Å². The molecule has 1 aromatic heterocycles. The van der Waals surface area contributed by atoms with Crippen LogP contribution in [0.1, 0.15) is 11.8 Å². The van der Waals surface area contributed by atoms with Crippen LogP contribution in [0.15, 0.2) is 40.2 Å². The number of thiophene rings is 1. The molecule has 1 aromatic carbocycles. The van der Waals surface area contributed by atoms with Gasteiger partial charge in [0.2, 0.25) is 0 Å². The summed E-state index contributed by atoms with van der Waals surface area (Å²) in [6.45, 7) is 2.07. The molecule has 0 bridgehead atoms. The van der Waals surface area contributed by atoms with E-state index in [1.807, 2.05) is 29.5 Å². The first kappa shape index (κ1) is 15.0. The second-order valence-electron chi connectivity index (χ2n) is 4.63. The van der Waals surface area contributed by atoms with Gasteiger partial charge < -0.3 is 4.90 Å². The van der Waals surface area contributed by atoms with Crippen LogP contribution in [0, 0.1) is 10.1 Å². The van der Waals surface area contributed by atoms with Gasteiger partial charge >= 0.3 is 0 Å². The highest BCUT2D eigenvalue weighted by molar-refractivity contribution is 9.10. The Hall–Kier alpha value is -1.40. The zero-order valence-corrected chi connectivity index (χ0v) is 13.6. The number of likely N-dealkylation sites (N-methyl/N-ethyl adjacent to an activating group) is 1. The summed E-state index contributed by atoms with van der Waals surface area (Å²) in [7, 11) is 1.90. The van der Waals surface area contributed by atoms with Gasteiger partial charge in [0, 0.05) is 34.9 Å². The fraction of sp³-hybridized carbons (Fsp3) is 0.286. The molecule has 0 saturated carbocycles. The fourth-order valence-corrected chi connectivity index (χ4v) is 3.21. The Balaban J connectivity index is 2.24. The molecule has 0 aliphatic carbocycles. The van der Waals surface area contributed by atoms with Gasteiger partial charge in [-0.25, -0.2) is 0 Å². The van der Waals surface area contributed by atoms with E-state index in [9.17, 15) is 10.1 Å². The van der Waals surface area contributed by atoms with Crippen molar-refractivity contribution < 1.29 is 4.92 Å². The molecule has 2 rings (SSSR count). The molecule has 0 aliphatic rings. The van der Waals surface area contributed by atoms with Crippen LogP contribution in [0.4, 0.5) is 11.4 Å². The highest BCUT2D eigenvalue weighted by atomic mass is 79.9. The predicted molar refractivity (Wildman–Crippen MR) is 86.7 cm³/mol. The Morgan fingerprint density at radius 3 is 2.80 bits per heavy atom. The molecule has 0 radical (unpaired) electrons. The molecule has 2 aromatic rings. The number of nitrogens with zero attached hydrogens (tertiary/aromatic N) is 2. The first-order chi connectivity index (χ1) is 9.49. The van der Waals surface area contributed by atoms with Crippen molar-refractivity contribution in [3.63, 3.8) is 0 Å². The van der Waals surface area contributed by atoms with E-state index in [-0.39, 0.29) is 16.7 Å². The number of nitro groups is 1. The van der Waals surface area contributed by atoms with Gasteiger partial charge in [-0.1, -0.05) is 22.0 Å². The Morgan fingerprint density at radius 2 is 2.20 bits per heavy atom. The lowest BCUT2D eigenvalue weighted by molar-refractivity contribution is -0.384. The Kier molecular flexibility index (Phi) is 4.77. The standard InChI is InChI=1S/C14H15BrN2O2S/c1-10(8-12-4-3-7-20-12)16(2)13-6-5-11(15)9-14(13)17(18)19/h3-7,9-10H,8H2,1-2H3. The third-order valence-corrected chi connectivity index (χ3v) is 4.64. The SMILES string of the molecule is CC(Cc1cccs1)N(C)c1ccc(Br)cc1[N+](=O)[O-]. The highest BCUT2D eigenvalue weighted by Crippen LogP contribution is 2.32. The summed E-state index contributed by atoms with van der Waals surface area (Å²) in [6, 6.07) is 9.46. The van der Waals surface area contributed by atoms with Gasteiger partial charge in [-0.05, 0) is 30.5 Å². The van der Waals surface area contributed by atoms with E-state index < -0.39 is 0 Å². The maximum absolute atomic E-state index is 11.2. The largest absolute Gasteiger partial charge is 0.366 e. The molecule has 0 fully saturated rings. The minimum Gasteiger partial charge on any atom is -0.366 e. The maximum Gasteiger partial charge on any atom is 0.293 e. The molecule has 0 saturated heterocycles. The molecule has 4 nitrogen and oxygen atoms in total. The van der Waals surface area contributed by atoms with Crippen molar-refractivity contribution in [1.29, 1.82) is 0 Å². The van der Waals surface area contributed by atoms with Gasteiger partial charge in [0.1, 0.15) is 5.69 Å². The van der Waals surface area contributed by atoms with Crippen molar-refractivity contribution in [3.05, 3.63) is 55.2 Å². The van der Waals surface area contributed by atoms with Gasteiger partial charge in [-0.2, -0.15) is 0 Å². The normalized spacial score (nSPS) is 12.2. The molecular weight excluding hydrogens is 340 g/mol. The van der Waals surface area contributed by atoms with Gasteiger partial charge in [0.05, 0.1) is 4.92 Å². The number of anilines is 1. The van der Waals surface area contributed by atoms with E-state index in [2.05, 4.69) is 28.9 Å². The Morgan fingerprint density at radius 1 is 1.45 bits per heavy atom. The van der Waals surface area contributed by atoms with Crippen LogP contribution in [-0.4, -0.2) is 18.0 Å². The summed E-state index contributed by atoms with van der Waals surface area (Å²) >= 11 is 4.99. The molecule has 20 heavy (non-hydrogen) atoms. The predicted octanol–water partition coefficient (Wildman–Crippen LogP) is 4.49. The molecule has 0 amide bonds. The number of rotatable bonds is 5.